The van der Waals surface area contributed by atoms with Crippen LogP contribution in [-0.4, -0.2) is 36.1 Å². The number of ether oxygens (including phenoxy) is 1. The molecule has 1 aliphatic heterocycles. The summed E-state index contributed by atoms with van der Waals surface area (Å²) < 4.78 is 5.90. The minimum Gasteiger partial charge on any atom is -0.370 e. The Morgan fingerprint density at radius 1 is 1.43 bits per heavy atom. The van der Waals surface area contributed by atoms with E-state index < -0.39 is 0 Å². The smallest absolute Gasteiger partial charge is 0.104 e. The average molecular weight is 302 g/mol. The molecule has 112 valence electrons. The lowest BCUT2D eigenvalue weighted by Gasteiger charge is -2.32. The zero-order valence-corrected chi connectivity index (χ0v) is 13.3. The summed E-state index contributed by atoms with van der Waals surface area (Å²) in [4.78, 5) is 8.10. The van der Waals surface area contributed by atoms with Crippen LogP contribution in [0, 0.1) is 6.92 Å². The van der Waals surface area contributed by atoms with Gasteiger partial charge in [0.2, 0.25) is 0 Å². The molecule has 21 heavy (non-hydrogen) atoms. The highest BCUT2D eigenvalue weighted by Crippen LogP contribution is 2.26. The van der Waals surface area contributed by atoms with Crippen LogP contribution in [0.3, 0.4) is 0 Å². The molecule has 0 amide bonds. The fourth-order valence-electron chi connectivity index (χ4n) is 2.80. The predicted molar refractivity (Wildman–Crippen MR) is 86.7 cm³/mol. The molecule has 1 unspecified atom stereocenters. The molecule has 3 nitrogen and oxygen atoms in total. The highest BCUT2D eigenvalue weighted by Gasteiger charge is 2.22. The van der Waals surface area contributed by atoms with E-state index in [1.165, 1.54) is 22.4 Å². The number of morpholine rings is 1. The summed E-state index contributed by atoms with van der Waals surface area (Å²) in [6.45, 7) is 6.22. The number of pyridine rings is 1. The topological polar surface area (TPSA) is 25.4 Å². The van der Waals surface area contributed by atoms with Crippen LogP contribution in [-0.2, 0) is 11.2 Å². The summed E-state index contributed by atoms with van der Waals surface area (Å²) >= 11 is 1.79. The molecule has 2 aromatic heterocycles. The predicted octanol–water partition coefficient (Wildman–Crippen LogP) is 3.46. The van der Waals surface area contributed by atoms with Crippen LogP contribution in [0.25, 0.3) is 0 Å². The van der Waals surface area contributed by atoms with E-state index in [0.717, 1.165) is 32.7 Å². The minimum absolute atomic E-state index is 0.263. The first-order valence-electron chi connectivity index (χ1n) is 7.60. The third-order valence-corrected chi connectivity index (χ3v) is 5.04. The number of thiophene rings is 1. The first-order chi connectivity index (χ1) is 10.3. The van der Waals surface area contributed by atoms with Crippen molar-refractivity contribution in [3.8, 4) is 0 Å². The molecule has 1 aliphatic rings. The van der Waals surface area contributed by atoms with E-state index in [1.807, 2.05) is 12.4 Å². The van der Waals surface area contributed by atoms with E-state index in [9.17, 15) is 0 Å². The normalized spacial score (nSPS) is 19.8. The first-order valence-corrected chi connectivity index (χ1v) is 8.48. The van der Waals surface area contributed by atoms with Crippen LogP contribution in [0.1, 0.15) is 28.5 Å². The Morgan fingerprint density at radius 3 is 3.19 bits per heavy atom. The minimum atomic E-state index is 0.263. The molecule has 2 aromatic rings. The van der Waals surface area contributed by atoms with Gasteiger partial charge >= 0.3 is 0 Å². The van der Waals surface area contributed by atoms with Gasteiger partial charge in [0.25, 0.3) is 0 Å². The maximum Gasteiger partial charge on any atom is 0.104 e. The Hall–Kier alpha value is -1.23. The van der Waals surface area contributed by atoms with E-state index in [4.69, 9.17) is 4.74 Å². The number of aromatic nitrogens is 1. The fraction of sp³-hybridized carbons (Fsp3) is 0.471. The van der Waals surface area contributed by atoms with Crippen molar-refractivity contribution in [2.45, 2.75) is 25.9 Å². The fourth-order valence-corrected chi connectivity index (χ4v) is 3.57. The average Bonchev–Trinajstić information content (AvgIpc) is 3.04. The Kier molecular flexibility index (Phi) is 5.01. The van der Waals surface area contributed by atoms with Crippen molar-refractivity contribution in [2.75, 3.05) is 26.2 Å². The van der Waals surface area contributed by atoms with Gasteiger partial charge in [-0.15, -0.1) is 11.3 Å². The molecule has 0 spiro atoms. The van der Waals surface area contributed by atoms with Gasteiger partial charge in [0.1, 0.15) is 6.10 Å². The van der Waals surface area contributed by atoms with Gasteiger partial charge in [0, 0.05) is 30.4 Å². The Balaban J connectivity index is 1.48. The number of aryl methyl sites for hydroxylation is 2. The molecule has 0 aliphatic carbocycles. The zero-order valence-electron chi connectivity index (χ0n) is 12.5. The van der Waals surface area contributed by atoms with E-state index in [-0.39, 0.29) is 6.10 Å². The van der Waals surface area contributed by atoms with Gasteiger partial charge in [-0.25, -0.2) is 0 Å². The van der Waals surface area contributed by atoms with Crippen molar-refractivity contribution in [3.05, 3.63) is 52.0 Å². The second kappa shape index (κ2) is 7.16. The second-order valence-electron chi connectivity index (χ2n) is 5.58. The number of hydrogen-bond acceptors (Lipinski definition) is 4. The lowest BCUT2D eigenvalue weighted by molar-refractivity contribution is -0.0283. The number of nitrogens with zero attached hydrogens (tertiary/aromatic N) is 2. The van der Waals surface area contributed by atoms with Gasteiger partial charge in [-0.3, -0.25) is 9.88 Å². The Bertz CT molecular complexity index is 556. The van der Waals surface area contributed by atoms with Crippen LogP contribution < -0.4 is 0 Å². The van der Waals surface area contributed by atoms with Crippen molar-refractivity contribution in [3.63, 3.8) is 0 Å². The van der Waals surface area contributed by atoms with Gasteiger partial charge in [0.15, 0.2) is 0 Å². The van der Waals surface area contributed by atoms with Gasteiger partial charge in [-0.1, -0.05) is 6.07 Å². The van der Waals surface area contributed by atoms with Gasteiger partial charge in [-0.2, -0.15) is 0 Å². The van der Waals surface area contributed by atoms with E-state index in [0.29, 0.717) is 0 Å². The largest absolute Gasteiger partial charge is 0.370 e. The van der Waals surface area contributed by atoms with Crippen LogP contribution in [0.2, 0.25) is 0 Å². The standard InChI is InChI=1S/C17H22N2OS/c1-14-6-7-18-12-15(14)4-2-8-19-9-10-20-16(13-19)17-5-3-11-21-17/h3,5-7,11-12,16H,2,4,8-10,13H2,1H3. The Morgan fingerprint density at radius 2 is 2.38 bits per heavy atom. The van der Waals surface area contributed by atoms with Crippen LogP contribution in [0.15, 0.2) is 36.0 Å². The first kappa shape index (κ1) is 14.7. The maximum absolute atomic E-state index is 5.90. The molecule has 3 heterocycles. The van der Waals surface area contributed by atoms with Crippen LogP contribution in [0.4, 0.5) is 0 Å². The molecule has 0 bridgehead atoms. The quantitative estimate of drug-likeness (QED) is 0.846. The molecule has 1 fully saturated rings. The summed E-state index contributed by atoms with van der Waals surface area (Å²) in [7, 11) is 0. The van der Waals surface area contributed by atoms with Crippen molar-refractivity contribution in [2.24, 2.45) is 0 Å². The summed E-state index contributed by atoms with van der Waals surface area (Å²) in [6.07, 6.45) is 6.43. The van der Waals surface area contributed by atoms with Crippen molar-refractivity contribution in [1.29, 1.82) is 0 Å². The molecule has 0 aromatic carbocycles. The molecule has 1 atom stereocenters. The van der Waals surface area contributed by atoms with Crippen molar-refractivity contribution < 1.29 is 4.74 Å². The van der Waals surface area contributed by atoms with Gasteiger partial charge < -0.3 is 4.74 Å². The third kappa shape index (κ3) is 3.90. The molecule has 0 radical (unpaired) electrons. The van der Waals surface area contributed by atoms with Crippen molar-refractivity contribution >= 4 is 11.3 Å². The summed E-state index contributed by atoms with van der Waals surface area (Å²) in [5.74, 6) is 0. The molecular formula is C17H22N2OS. The zero-order chi connectivity index (χ0) is 14.5. The van der Waals surface area contributed by atoms with Crippen molar-refractivity contribution in [1.82, 2.24) is 9.88 Å². The molecule has 0 N–H and O–H groups in total. The van der Waals surface area contributed by atoms with E-state index in [2.05, 4.69) is 40.4 Å². The van der Waals surface area contributed by atoms with Crippen LogP contribution >= 0.6 is 11.3 Å². The molecule has 1 saturated heterocycles. The SMILES string of the molecule is Cc1ccncc1CCCN1CCOC(c2cccs2)C1. The molecule has 0 saturated carbocycles. The summed E-state index contributed by atoms with van der Waals surface area (Å²) in [5, 5.41) is 2.13. The van der Waals surface area contributed by atoms with E-state index in [1.54, 1.807) is 11.3 Å². The molecular weight excluding hydrogens is 280 g/mol. The van der Waals surface area contributed by atoms with Gasteiger partial charge in [0.05, 0.1) is 6.61 Å². The lowest BCUT2D eigenvalue weighted by Crippen LogP contribution is -2.38. The Labute approximate surface area is 130 Å². The maximum atomic E-state index is 5.90. The third-order valence-electron chi connectivity index (χ3n) is 4.08. The molecule has 4 heteroatoms. The highest BCUT2D eigenvalue weighted by atomic mass is 32.1. The van der Waals surface area contributed by atoms with Crippen LogP contribution in [0.5, 0.6) is 0 Å². The lowest BCUT2D eigenvalue weighted by atomic mass is 10.1. The van der Waals surface area contributed by atoms with E-state index >= 15 is 0 Å². The highest BCUT2D eigenvalue weighted by molar-refractivity contribution is 7.10. The number of rotatable bonds is 5. The molecule has 3 rings (SSSR count). The second-order valence-corrected chi connectivity index (χ2v) is 6.56. The summed E-state index contributed by atoms with van der Waals surface area (Å²) in [5.41, 5.74) is 2.73. The monoisotopic (exact) mass is 302 g/mol. The number of hydrogen-bond donors (Lipinski definition) is 0. The summed E-state index contributed by atoms with van der Waals surface area (Å²) in [6, 6.07) is 6.38. The van der Waals surface area contributed by atoms with Gasteiger partial charge in [-0.05, 0) is 54.9 Å².